The molecule has 0 aliphatic carbocycles. The minimum absolute atomic E-state index is 0.0632. The van der Waals surface area contributed by atoms with E-state index in [9.17, 15) is 13.6 Å². The van der Waals surface area contributed by atoms with Crippen molar-refractivity contribution in [2.75, 3.05) is 13.2 Å². The van der Waals surface area contributed by atoms with Crippen LogP contribution in [0.1, 0.15) is 28.9 Å². The Morgan fingerprint density at radius 3 is 2.52 bits per heavy atom. The molecule has 1 atom stereocenters. The van der Waals surface area contributed by atoms with Gasteiger partial charge in [-0.1, -0.05) is 6.07 Å². The second kappa shape index (κ2) is 6.24. The Morgan fingerprint density at radius 2 is 1.78 bits per heavy atom. The molecule has 1 aliphatic rings. The van der Waals surface area contributed by atoms with Crippen LogP contribution < -0.4 is 14.8 Å². The largest absolute Gasteiger partial charge is 0.486 e. The monoisotopic (exact) mass is 319 g/mol. The molecule has 3 rings (SSSR count). The Hall–Kier alpha value is -2.63. The van der Waals surface area contributed by atoms with Crippen molar-refractivity contribution in [1.29, 1.82) is 0 Å². The molecule has 1 N–H and O–H groups in total. The van der Waals surface area contributed by atoms with Crippen LogP contribution in [0.4, 0.5) is 8.78 Å². The summed E-state index contributed by atoms with van der Waals surface area (Å²) < 4.78 is 37.1. The first-order chi connectivity index (χ1) is 11.0. The molecule has 1 unspecified atom stereocenters. The SMILES string of the molecule is CC(NC(=O)c1ccc(F)c(F)c1)c1ccc2c(c1)OCCO2. The summed E-state index contributed by atoms with van der Waals surface area (Å²) >= 11 is 0. The van der Waals surface area contributed by atoms with Gasteiger partial charge in [-0.25, -0.2) is 8.78 Å². The standard InChI is InChI=1S/C17H15F2NO3/c1-10(11-3-5-15-16(9-11)23-7-6-22-15)20-17(21)12-2-4-13(18)14(19)8-12/h2-5,8-10H,6-7H2,1H3,(H,20,21). The van der Waals surface area contributed by atoms with E-state index in [0.29, 0.717) is 24.7 Å². The second-order valence-corrected chi connectivity index (χ2v) is 5.23. The highest BCUT2D eigenvalue weighted by molar-refractivity contribution is 5.94. The van der Waals surface area contributed by atoms with Crippen molar-refractivity contribution in [2.45, 2.75) is 13.0 Å². The predicted molar refractivity (Wildman–Crippen MR) is 79.7 cm³/mol. The average molecular weight is 319 g/mol. The molecule has 0 fully saturated rings. The first-order valence-electron chi connectivity index (χ1n) is 7.20. The zero-order valence-corrected chi connectivity index (χ0v) is 12.4. The van der Waals surface area contributed by atoms with Gasteiger partial charge in [0.05, 0.1) is 6.04 Å². The molecule has 0 bridgehead atoms. The lowest BCUT2D eigenvalue weighted by molar-refractivity contribution is 0.0939. The Labute approximate surface area is 132 Å². The number of ether oxygens (including phenoxy) is 2. The van der Waals surface area contributed by atoms with Crippen molar-refractivity contribution in [2.24, 2.45) is 0 Å². The van der Waals surface area contributed by atoms with Crippen LogP contribution in [0.15, 0.2) is 36.4 Å². The summed E-state index contributed by atoms with van der Waals surface area (Å²) in [6, 6.07) is 8.12. The molecule has 4 nitrogen and oxygen atoms in total. The number of carbonyl (C=O) groups is 1. The van der Waals surface area contributed by atoms with Crippen LogP contribution in [-0.2, 0) is 0 Å². The maximum atomic E-state index is 13.2. The van der Waals surface area contributed by atoms with Gasteiger partial charge in [0.2, 0.25) is 0 Å². The molecule has 0 radical (unpaired) electrons. The summed E-state index contributed by atoms with van der Waals surface area (Å²) in [5.41, 5.74) is 0.887. The Morgan fingerprint density at radius 1 is 1.04 bits per heavy atom. The maximum absolute atomic E-state index is 13.2. The van der Waals surface area contributed by atoms with Crippen LogP contribution in [0.5, 0.6) is 11.5 Å². The summed E-state index contributed by atoms with van der Waals surface area (Å²) in [6.45, 7) is 2.78. The van der Waals surface area contributed by atoms with E-state index < -0.39 is 17.5 Å². The van der Waals surface area contributed by atoms with Gasteiger partial charge in [0.25, 0.3) is 5.91 Å². The third-order valence-corrected chi connectivity index (χ3v) is 3.60. The van der Waals surface area contributed by atoms with Gasteiger partial charge in [-0.2, -0.15) is 0 Å². The van der Waals surface area contributed by atoms with Gasteiger partial charge in [0.15, 0.2) is 23.1 Å². The molecule has 0 saturated carbocycles. The first kappa shape index (κ1) is 15.3. The zero-order chi connectivity index (χ0) is 16.4. The Kier molecular flexibility index (Phi) is 4.14. The summed E-state index contributed by atoms with van der Waals surface area (Å²) in [6.07, 6.45) is 0. The number of hydrogen-bond donors (Lipinski definition) is 1. The van der Waals surface area contributed by atoms with Gasteiger partial charge >= 0.3 is 0 Å². The van der Waals surface area contributed by atoms with Crippen molar-refractivity contribution in [3.8, 4) is 11.5 Å². The van der Waals surface area contributed by atoms with Crippen molar-refractivity contribution in [3.05, 3.63) is 59.2 Å². The maximum Gasteiger partial charge on any atom is 0.251 e. The van der Waals surface area contributed by atoms with Crippen molar-refractivity contribution >= 4 is 5.91 Å². The molecule has 1 heterocycles. The Balaban J connectivity index is 1.74. The molecular weight excluding hydrogens is 304 g/mol. The van der Waals surface area contributed by atoms with Crippen molar-refractivity contribution < 1.29 is 23.0 Å². The lowest BCUT2D eigenvalue weighted by Crippen LogP contribution is -2.27. The molecule has 2 aromatic carbocycles. The Bertz CT molecular complexity index is 749. The fourth-order valence-corrected chi connectivity index (χ4v) is 2.33. The average Bonchev–Trinajstić information content (AvgIpc) is 2.56. The smallest absolute Gasteiger partial charge is 0.251 e. The number of halogens is 2. The van der Waals surface area contributed by atoms with Crippen LogP contribution in [0.25, 0.3) is 0 Å². The molecule has 0 aromatic heterocycles. The van der Waals surface area contributed by atoms with Crippen molar-refractivity contribution in [3.63, 3.8) is 0 Å². The van der Waals surface area contributed by atoms with Crippen molar-refractivity contribution in [1.82, 2.24) is 5.32 Å². The van der Waals surface area contributed by atoms with E-state index in [0.717, 1.165) is 17.7 Å². The molecule has 1 aliphatic heterocycles. The van der Waals surface area contributed by atoms with E-state index in [1.807, 2.05) is 6.07 Å². The van der Waals surface area contributed by atoms with E-state index >= 15 is 0 Å². The highest BCUT2D eigenvalue weighted by atomic mass is 19.2. The summed E-state index contributed by atoms with van der Waals surface area (Å²) in [4.78, 5) is 12.1. The normalized spacial score (nSPS) is 14.2. The van der Waals surface area contributed by atoms with E-state index in [2.05, 4.69) is 5.32 Å². The zero-order valence-electron chi connectivity index (χ0n) is 12.4. The van der Waals surface area contributed by atoms with E-state index in [4.69, 9.17) is 9.47 Å². The highest BCUT2D eigenvalue weighted by Gasteiger charge is 2.17. The number of benzene rings is 2. The van der Waals surface area contributed by atoms with Gasteiger partial charge in [-0.15, -0.1) is 0 Å². The van der Waals surface area contributed by atoms with Gasteiger partial charge in [0, 0.05) is 5.56 Å². The molecule has 0 spiro atoms. The third kappa shape index (κ3) is 3.26. The molecule has 2 aromatic rings. The number of nitrogens with one attached hydrogen (secondary N) is 1. The number of hydrogen-bond acceptors (Lipinski definition) is 3. The van der Waals surface area contributed by atoms with E-state index in [-0.39, 0.29) is 11.6 Å². The summed E-state index contributed by atoms with van der Waals surface area (Å²) in [7, 11) is 0. The van der Waals surface area contributed by atoms with Crippen LogP contribution in [0.3, 0.4) is 0 Å². The minimum atomic E-state index is -1.05. The van der Waals surface area contributed by atoms with Crippen LogP contribution in [0.2, 0.25) is 0 Å². The van der Waals surface area contributed by atoms with Crippen LogP contribution in [-0.4, -0.2) is 19.1 Å². The van der Waals surface area contributed by atoms with Gasteiger partial charge in [-0.05, 0) is 42.8 Å². The predicted octanol–water partition coefficient (Wildman–Crippen LogP) is 3.23. The van der Waals surface area contributed by atoms with Gasteiger partial charge < -0.3 is 14.8 Å². The quantitative estimate of drug-likeness (QED) is 0.945. The van der Waals surface area contributed by atoms with E-state index in [1.54, 1.807) is 19.1 Å². The van der Waals surface area contributed by atoms with E-state index in [1.165, 1.54) is 6.07 Å². The molecule has 6 heteroatoms. The molecule has 23 heavy (non-hydrogen) atoms. The second-order valence-electron chi connectivity index (χ2n) is 5.23. The summed E-state index contributed by atoms with van der Waals surface area (Å²) in [5, 5.41) is 2.74. The lowest BCUT2D eigenvalue weighted by atomic mass is 10.1. The highest BCUT2D eigenvalue weighted by Crippen LogP contribution is 2.32. The fourth-order valence-electron chi connectivity index (χ4n) is 2.33. The van der Waals surface area contributed by atoms with Crippen LogP contribution >= 0.6 is 0 Å². The number of amides is 1. The minimum Gasteiger partial charge on any atom is -0.486 e. The molecule has 120 valence electrons. The fraction of sp³-hybridized carbons (Fsp3) is 0.235. The lowest BCUT2D eigenvalue weighted by Gasteiger charge is -2.21. The number of carbonyl (C=O) groups excluding carboxylic acids is 1. The molecule has 1 amide bonds. The third-order valence-electron chi connectivity index (χ3n) is 3.60. The first-order valence-corrected chi connectivity index (χ1v) is 7.20. The topological polar surface area (TPSA) is 47.6 Å². The summed E-state index contributed by atoms with van der Waals surface area (Å²) in [5.74, 6) is -1.22. The van der Waals surface area contributed by atoms with Gasteiger partial charge in [-0.3, -0.25) is 4.79 Å². The number of rotatable bonds is 3. The van der Waals surface area contributed by atoms with Crippen LogP contribution in [0, 0.1) is 11.6 Å². The van der Waals surface area contributed by atoms with Gasteiger partial charge in [0.1, 0.15) is 13.2 Å². The molecule has 0 saturated heterocycles. The number of fused-ring (bicyclic) bond motifs is 1. The molecular formula is C17H15F2NO3.